The zero-order valence-electron chi connectivity index (χ0n) is 6.77. The largest absolute Gasteiger partial charge is 0.508 e. The van der Waals surface area contributed by atoms with Gasteiger partial charge in [0.25, 0.3) is 9.05 Å². The highest BCUT2D eigenvalue weighted by Gasteiger charge is 2.13. The molecule has 6 heteroatoms. The van der Waals surface area contributed by atoms with E-state index in [0.29, 0.717) is 5.39 Å². The molecule has 0 atom stereocenters. The van der Waals surface area contributed by atoms with Crippen LogP contribution in [0, 0.1) is 0 Å². The Hall–Kier alpha value is -0.780. The van der Waals surface area contributed by atoms with Crippen molar-refractivity contribution >= 4 is 41.2 Å². The summed E-state index contributed by atoms with van der Waals surface area (Å²) in [7, 11) is 1.52. The van der Waals surface area contributed by atoms with Crippen molar-refractivity contribution in [2.24, 2.45) is 0 Å². The number of hydrogen-bond donors (Lipinski definition) is 1. The molecule has 2 aromatic rings. The summed E-state index contributed by atoms with van der Waals surface area (Å²) in [5.41, 5.74) is 0. The van der Waals surface area contributed by atoms with Crippen molar-refractivity contribution in [3.63, 3.8) is 0 Å². The van der Waals surface area contributed by atoms with Crippen molar-refractivity contribution in [1.82, 2.24) is 0 Å². The summed E-state index contributed by atoms with van der Waals surface area (Å²) in [6.45, 7) is 0. The molecule has 0 saturated carbocycles. The maximum atomic E-state index is 11.0. The molecule has 0 bridgehead atoms. The van der Waals surface area contributed by atoms with Gasteiger partial charge in [-0.3, -0.25) is 0 Å². The molecule has 0 unspecified atom stereocenters. The summed E-state index contributed by atoms with van der Waals surface area (Å²) >= 11 is 1.08. The van der Waals surface area contributed by atoms with E-state index < -0.39 is 9.05 Å². The van der Waals surface area contributed by atoms with E-state index >= 15 is 0 Å². The molecule has 1 N–H and O–H groups in total. The second-order valence-corrected chi connectivity index (χ2v) is 6.60. The molecule has 2 rings (SSSR count). The van der Waals surface area contributed by atoms with Crippen LogP contribution in [0.1, 0.15) is 0 Å². The predicted molar refractivity (Wildman–Crippen MR) is 56.5 cm³/mol. The Balaban J connectivity index is 2.75. The molecule has 0 amide bonds. The lowest BCUT2D eigenvalue weighted by Gasteiger charge is -1.89. The van der Waals surface area contributed by atoms with Gasteiger partial charge in [-0.2, -0.15) is 0 Å². The SMILES string of the molecule is O=S(=O)(Cl)c1cc2cc(O)ccc2s1. The van der Waals surface area contributed by atoms with Crippen LogP contribution in [0.4, 0.5) is 0 Å². The van der Waals surface area contributed by atoms with Gasteiger partial charge in [0.15, 0.2) is 0 Å². The van der Waals surface area contributed by atoms with E-state index in [-0.39, 0.29) is 9.96 Å². The Labute approximate surface area is 89.0 Å². The standard InChI is InChI=1S/C8H5ClO3S2/c9-14(11,12)8-4-5-3-6(10)1-2-7(5)13-8/h1-4,10H. The van der Waals surface area contributed by atoms with Crippen molar-refractivity contribution in [3.8, 4) is 5.75 Å². The predicted octanol–water partition coefficient (Wildman–Crippen LogP) is 2.53. The molecule has 3 nitrogen and oxygen atoms in total. The third-order valence-electron chi connectivity index (χ3n) is 1.72. The Morgan fingerprint density at radius 2 is 2.00 bits per heavy atom. The molecule has 0 radical (unpaired) electrons. The molecule has 1 aromatic carbocycles. The van der Waals surface area contributed by atoms with Gasteiger partial charge in [0.2, 0.25) is 0 Å². The van der Waals surface area contributed by atoms with Gasteiger partial charge in [-0.25, -0.2) is 8.42 Å². The first-order valence-electron chi connectivity index (χ1n) is 3.64. The van der Waals surface area contributed by atoms with Gasteiger partial charge in [0.1, 0.15) is 9.96 Å². The summed E-state index contributed by atoms with van der Waals surface area (Å²) in [4.78, 5) is 0. The summed E-state index contributed by atoms with van der Waals surface area (Å²) in [6.07, 6.45) is 0. The second-order valence-electron chi connectivity index (χ2n) is 2.73. The van der Waals surface area contributed by atoms with Gasteiger partial charge in [0.05, 0.1) is 0 Å². The van der Waals surface area contributed by atoms with Crippen molar-refractivity contribution in [2.45, 2.75) is 4.21 Å². The number of aromatic hydroxyl groups is 1. The van der Waals surface area contributed by atoms with Crippen LogP contribution in [-0.4, -0.2) is 13.5 Å². The zero-order valence-corrected chi connectivity index (χ0v) is 9.16. The topological polar surface area (TPSA) is 54.4 Å². The number of fused-ring (bicyclic) bond motifs is 1. The monoisotopic (exact) mass is 248 g/mol. The van der Waals surface area contributed by atoms with Crippen LogP contribution >= 0.6 is 22.0 Å². The fourth-order valence-corrected chi connectivity index (χ4v) is 3.25. The highest BCUT2D eigenvalue weighted by molar-refractivity contribution is 8.15. The van der Waals surface area contributed by atoms with E-state index in [1.54, 1.807) is 6.07 Å². The first-order valence-corrected chi connectivity index (χ1v) is 6.76. The van der Waals surface area contributed by atoms with Gasteiger partial charge < -0.3 is 5.11 Å². The molecule has 0 spiro atoms. The second kappa shape index (κ2) is 3.12. The molecule has 74 valence electrons. The molecule has 14 heavy (non-hydrogen) atoms. The number of hydrogen-bond acceptors (Lipinski definition) is 4. The zero-order chi connectivity index (χ0) is 10.3. The van der Waals surface area contributed by atoms with E-state index in [0.717, 1.165) is 16.0 Å². The molecule has 1 heterocycles. The number of benzene rings is 1. The summed E-state index contributed by atoms with van der Waals surface area (Å²) in [6, 6.07) is 6.10. The van der Waals surface area contributed by atoms with Gasteiger partial charge in [-0.15, -0.1) is 11.3 Å². The molecule has 0 saturated heterocycles. The molecular formula is C8H5ClO3S2. The minimum atomic E-state index is -3.67. The number of phenolic OH excluding ortho intramolecular Hbond substituents is 1. The number of phenols is 1. The molecule has 0 aliphatic heterocycles. The maximum absolute atomic E-state index is 11.0. The fourth-order valence-electron chi connectivity index (χ4n) is 1.13. The van der Waals surface area contributed by atoms with Gasteiger partial charge in [-0.05, 0) is 29.7 Å². The average molecular weight is 249 g/mol. The first kappa shape index (κ1) is 9.76. The Morgan fingerprint density at radius 3 is 2.64 bits per heavy atom. The van der Waals surface area contributed by atoms with Crippen LogP contribution < -0.4 is 0 Å². The number of halogens is 1. The van der Waals surface area contributed by atoms with Crippen molar-refractivity contribution < 1.29 is 13.5 Å². The highest BCUT2D eigenvalue weighted by atomic mass is 35.7. The van der Waals surface area contributed by atoms with E-state index in [9.17, 15) is 8.42 Å². The molecule has 1 aromatic heterocycles. The molecular weight excluding hydrogens is 244 g/mol. The van der Waals surface area contributed by atoms with Gasteiger partial charge in [-0.1, -0.05) is 0 Å². The van der Waals surface area contributed by atoms with Gasteiger partial charge in [0, 0.05) is 15.4 Å². The lowest BCUT2D eigenvalue weighted by molar-refractivity contribution is 0.476. The minimum Gasteiger partial charge on any atom is -0.508 e. The van der Waals surface area contributed by atoms with Crippen molar-refractivity contribution in [2.75, 3.05) is 0 Å². The maximum Gasteiger partial charge on any atom is 0.270 e. The Bertz CT molecular complexity index is 586. The Kier molecular flexibility index (Phi) is 2.17. The van der Waals surface area contributed by atoms with E-state index in [4.69, 9.17) is 15.8 Å². The van der Waals surface area contributed by atoms with E-state index in [2.05, 4.69) is 0 Å². The fraction of sp³-hybridized carbons (Fsp3) is 0. The number of thiophene rings is 1. The summed E-state index contributed by atoms with van der Waals surface area (Å²) in [5.74, 6) is 0.105. The molecule has 0 fully saturated rings. The molecule has 0 aliphatic carbocycles. The van der Waals surface area contributed by atoms with Crippen LogP contribution in [0.2, 0.25) is 0 Å². The van der Waals surface area contributed by atoms with Crippen LogP contribution in [0.3, 0.4) is 0 Å². The molecule has 0 aliphatic rings. The number of rotatable bonds is 1. The van der Waals surface area contributed by atoms with Gasteiger partial charge >= 0.3 is 0 Å². The van der Waals surface area contributed by atoms with Crippen molar-refractivity contribution in [3.05, 3.63) is 24.3 Å². The van der Waals surface area contributed by atoms with E-state index in [1.165, 1.54) is 18.2 Å². The van der Waals surface area contributed by atoms with Crippen LogP contribution in [-0.2, 0) is 9.05 Å². The smallest absolute Gasteiger partial charge is 0.270 e. The lowest BCUT2D eigenvalue weighted by Crippen LogP contribution is -1.83. The quantitative estimate of drug-likeness (QED) is 0.789. The third-order valence-corrected chi connectivity index (χ3v) is 4.91. The Morgan fingerprint density at radius 1 is 1.29 bits per heavy atom. The summed E-state index contributed by atoms with van der Waals surface area (Å²) < 4.78 is 22.9. The normalized spacial score (nSPS) is 12.1. The summed E-state index contributed by atoms with van der Waals surface area (Å²) in [5, 5.41) is 9.84. The van der Waals surface area contributed by atoms with E-state index in [1.807, 2.05) is 0 Å². The van der Waals surface area contributed by atoms with Crippen LogP contribution in [0.5, 0.6) is 5.75 Å². The van der Waals surface area contributed by atoms with Crippen LogP contribution in [0.15, 0.2) is 28.5 Å². The minimum absolute atomic E-state index is 0.0970. The average Bonchev–Trinajstić information content (AvgIpc) is 2.45. The lowest BCUT2D eigenvalue weighted by atomic mass is 10.2. The first-order chi connectivity index (χ1) is 6.47. The third kappa shape index (κ3) is 1.70. The van der Waals surface area contributed by atoms with Crippen molar-refractivity contribution in [1.29, 1.82) is 0 Å². The highest BCUT2D eigenvalue weighted by Crippen LogP contribution is 2.32. The van der Waals surface area contributed by atoms with Crippen LogP contribution in [0.25, 0.3) is 10.1 Å².